The van der Waals surface area contributed by atoms with Crippen molar-refractivity contribution in [2.45, 2.75) is 31.8 Å². The maximum Gasteiger partial charge on any atom is 0.261 e. The average molecular weight is 349 g/mol. The van der Waals surface area contributed by atoms with E-state index in [1.165, 1.54) is 6.26 Å². The van der Waals surface area contributed by atoms with Gasteiger partial charge in [0.15, 0.2) is 0 Å². The van der Waals surface area contributed by atoms with Gasteiger partial charge in [0.2, 0.25) is 0 Å². The smallest absolute Gasteiger partial charge is 0.261 e. The van der Waals surface area contributed by atoms with Crippen molar-refractivity contribution in [3.05, 3.63) is 76.5 Å². The van der Waals surface area contributed by atoms with Crippen LogP contribution in [0.15, 0.2) is 64.1 Å². The number of furan rings is 1. The second-order valence-corrected chi connectivity index (χ2v) is 6.47. The molecule has 0 aromatic carbocycles. The van der Waals surface area contributed by atoms with E-state index < -0.39 is 5.56 Å². The van der Waals surface area contributed by atoms with Gasteiger partial charge >= 0.3 is 0 Å². The van der Waals surface area contributed by atoms with Crippen molar-refractivity contribution in [3.8, 4) is 11.5 Å². The Morgan fingerprint density at radius 3 is 2.69 bits per heavy atom. The summed E-state index contributed by atoms with van der Waals surface area (Å²) in [5, 5.41) is 0. The zero-order valence-electron chi connectivity index (χ0n) is 14.4. The summed E-state index contributed by atoms with van der Waals surface area (Å²) in [4.78, 5) is 34.5. The molecule has 0 radical (unpaired) electrons. The lowest BCUT2D eigenvalue weighted by Gasteiger charge is -2.29. The molecule has 3 aromatic heterocycles. The van der Waals surface area contributed by atoms with Crippen molar-refractivity contribution in [1.82, 2.24) is 14.9 Å². The third-order valence-electron chi connectivity index (χ3n) is 4.63. The fraction of sp³-hybridized carbons (Fsp3) is 0.250. The highest BCUT2D eigenvalue weighted by molar-refractivity contribution is 5.94. The first-order valence-electron chi connectivity index (χ1n) is 8.66. The number of rotatable bonds is 5. The van der Waals surface area contributed by atoms with Gasteiger partial charge in [0.1, 0.15) is 11.3 Å². The Bertz CT molecular complexity index is 959. The monoisotopic (exact) mass is 349 g/mol. The first-order chi connectivity index (χ1) is 12.6. The number of carbonyl (C=O) groups excluding carboxylic acids is 1. The average Bonchev–Trinajstić information content (AvgIpc) is 3.33. The normalized spacial score (nSPS) is 14.8. The zero-order valence-corrected chi connectivity index (χ0v) is 14.4. The third-order valence-corrected chi connectivity index (χ3v) is 4.63. The first-order valence-corrected chi connectivity index (χ1v) is 8.66. The fourth-order valence-electron chi connectivity index (χ4n) is 3.13. The molecule has 1 saturated carbocycles. The molecule has 0 bridgehead atoms. The summed E-state index contributed by atoms with van der Waals surface area (Å²) in [5.74, 6) is 0.292. The van der Waals surface area contributed by atoms with Crippen LogP contribution in [-0.2, 0) is 0 Å². The van der Waals surface area contributed by atoms with Gasteiger partial charge in [-0.25, -0.2) is 0 Å². The number of hydrogen-bond acceptors (Lipinski definition) is 4. The Kier molecular flexibility index (Phi) is 4.16. The van der Waals surface area contributed by atoms with Gasteiger partial charge in [-0.1, -0.05) is 6.07 Å². The van der Waals surface area contributed by atoms with E-state index in [9.17, 15) is 9.59 Å². The van der Waals surface area contributed by atoms with Gasteiger partial charge in [0.25, 0.3) is 11.5 Å². The molecule has 1 atom stereocenters. The molecular formula is C20H19N3O3. The highest BCUT2D eigenvalue weighted by Gasteiger charge is 2.37. The van der Waals surface area contributed by atoms with E-state index in [4.69, 9.17) is 4.42 Å². The van der Waals surface area contributed by atoms with E-state index in [-0.39, 0.29) is 23.6 Å². The van der Waals surface area contributed by atoms with E-state index >= 15 is 0 Å². The molecule has 0 spiro atoms. The number of pyridine rings is 2. The minimum Gasteiger partial charge on any atom is -0.463 e. The van der Waals surface area contributed by atoms with Crippen molar-refractivity contribution in [2.75, 3.05) is 0 Å². The van der Waals surface area contributed by atoms with Crippen molar-refractivity contribution in [1.29, 1.82) is 0 Å². The largest absolute Gasteiger partial charge is 0.463 e. The van der Waals surface area contributed by atoms with E-state index in [1.807, 2.05) is 25.1 Å². The second kappa shape index (κ2) is 6.63. The maximum atomic E-state index is 13.1. The van der Waals surface area contributed by atoms with Gasteiger partial charge < -0.3 is 14.3 Å². The number of H-pyrrole nitrogens is 1. The van der Waals surface area contributed by atoms with Crippen molar-refractivity contribution in [2.24, 2.45) is 0 Å². The number of amides is 1. The molecule has 6 heteroatoms. The Hall–Kier alpha value is -3.15. The van der Waals surface area contributed by atoms with Crippen LogP contribution in [0.5, 0.6) is 0 Å². The molecule has 1 fully saturated rings. The number of nitrogens with one attached hydrogen (secondary N) is 1. The molecule has 3 heterocycles. The van der Waals surface area contributed by atoms with Crippen molar-refractivity contribution in [3.63, 3.8) is 0 Å². The molecule has 1 amide bonds. The molecule has 0 aliphatic heterocycles. The highest BCUT2D eigenvalue weighted by Crippen LogP contribution is 2.34. The Morgan fingerprint density at radius 2 is 2.08 bits per heavy atom. The lowest BCUT2D eigenvalue weighted by atomic mass is 10.1. The summed E-state index contributed by atoms with van der Waals surface area (Å²) in [6, 6.07) is 12.4. The van der Waals surface area contributed by atoms with Crippen LogP contribution in [0.2, 0.25) is 0 Å². The Balaban J connectivity index is 1.65. The fourth-order valence-corrected chi connectivity index (χ4v) is 3.13. The van der Waals surface area contributed by atoms with Crippen molar-refractivity contribution >= 4 is 5.91 Å². The standard InChI is InChI=1S/C20H19N3O3/c1-13(16-5-2-3-11-21-16)23(14-7-8-14)20(25)15-9-10-17(22-19(15)24)18-6-4-12-26-18/h2-6,9-14H,7-8H2,1H3,(H,22,24)/t13-/m1/s1. The maximum absolute atomic E-state index is 13.1. The molecule has 4 rings (SSSR count). The molecule has 6 nitrogen and oxygen atoms in total. The van der Waals surface area contributed by atoms with Crippen LogP contribution in [0.1, 0.15) is 41.9 Å². The SMILES string of the molecule is C[C@H](c1ccccn1)N(C(=O)c1ccc(-c2ccco2)[nH]c1=O)C1CC1. The van der Waals surface area contributed by atoms with Crippen LogP contribution >= 0.6 is 0 Å². The minimum atomic E-state index is -0.414. The molecule has 1 aliphatic rings. The summed E-state index contributed by atoms with van der Waals surface area (Å²) in [5.41, 5.74) is 1.08. The van der Waals surface area contributed by atoms with Gasteiger partial charge in [-0.15, -0.1) is 0 Å². The molecule has 3 aromatic rings. The summed E-state index contributed by atoms with van der Waals surface area (Å²) in [6.07, 6.45) is 5.15. The number of hydrogen-bond donors (Lipinski definition) is 1. The van der Waals surface area contributed by atoms with Crippen LogP contribution in [0, 0.1) is 0 Å². The molecule has 1 aliphatic carbocycles. The minimum absolute atomic E-state index is 0.134. The van der Waals surface area contributed by atoms with Gasteiger partial charge in [-0.05, 0) is 56.2 Å². The van der Waals surface area contributed by atoms with Gasteiger partial charge in [-0.3, -0.25) is 14.6 Å². The molecule has 26 heavy (non-hydrogen) atoms. The predicted molar refractivity (Wildman–Crippen MR) is 96.6 cm³/mol. The lowest BCUT2D eigenvalue weighted by molar-refractivity contribution is 0.0668. The number of aromatic amines is 1. The Labute approximate surface area is 150 Å². The number of carbonyl (C=O) groups is 1. The van der Waals surface area contributed by atoms with Gasteiger partial charge in [-0.2, -0.15) is 0 Å². The van der Waals surface area contributed by atoms with Crippen LogP contribution in [-0.4, -0.2) is 26.8 Å². The topological polar surface area (TPSA) is 79.2 Å². The van der Waals surface area contributed by atoms with E-state index in [0.29, 0.717) is 11.5 Å². The second-order valence-electron chi connectivity index (χ2n) is 6.47. The number of nitrogens with zero attached hydrogens (tertiary/aromatic N) is 2. The molecule has 0 unspecified atom stereocenters. The zero-order chi connectivity index (χ0) is 18.1. The van der Waals surface area contributed by atoms with E-state index in [0.717, 1.165) is 18.5 Å². The van der Waals surface area contributed by atoms with Gasteiger partial charge in [0, 0.05) is 12.2 Å². The third kappa shape index (κ3) is 3.06. The van der Waals surface area contributed by atoms with Crippen LogP contribution in [0.25, 0.3) is 11.5 Å². The summed E-state index contributed by atoms with van der Waals surface area (Å²) < 4.78 is 5.29. The molecular weight excluding hydrogens is 330 g/mol. The summed E-state index contributed by atoms with van der Waals surface area (Å²) in [7, 11) is 0. The molecule has 1 N–H and O–H groups in total. The molecule has 0 saturated heterocycles. The van der Waals surface area contributed by atoms with Crippen LogP contribution < -0.4 is 5.56 Å². The van der Waals surface area contributed by atoms with Gasteiger partial charge in [0.05, 0.1) is 23.7 Å². The first kappa shape index (κ1) is 16.3. The highest BCUT2D eigenvalue weighted by atomic mass is 16.3. The quantitative estimate of drug-likeness (QED) is 0.766. The predicted octanol–water partition coefficient (Wildman–Crippen LogP) is 3.40. The van der Waals surface area contributed by atoms with E-state index in [1.54, 1.807) is 35.4 Å². The van der Waals surface area contributed by atoms with Crippen LogP contribution in [0.4, 0.5) is 0 Å². The summed E-state index contributed by atoms with van der Waals surface area (Å²) >= 11 is 0. The van der Waals surface area contributed by atoms with Crippen molar-refractivity contribution < 1.29 is 9.21 Å². The number of aromatic nitrogens is 2. The Morgan fingerprint density at radius 1 is 1.23 bits per heavy atom. The summed E-state index contributed by atoms with van der Waals surface area (Å²) in [6.45, 7) is 1.95. The molecule has 132 valence electrons. The lowest BCUT2D eigenvalue weighted by Crippen LogP contribution is -2.38. The van der Waals surface area contributed by atoms with E-state index in [2.05, 4.69) is 9.97 Å². The van der Waals surface area contributed by atoms with Crippen LogP contribution in [0.3, 0.4) is 0 Å².